The van der Waals surface area contributed by atoms with E-state index in [1.807, 2.05) is 42.5 Å². The van der Waals surface area contributed by atoms with Gasteiger partial charge in [0.1, 0.15) is 5.75 Å². The number of carbonyl (C=O) groups excluding carboxylic acids is 1. The van der Waals surface area contributed by atoms with E-state index in [9.17, 15) is 4.79 Å². The van der Waals surface area contributed by atoms with E-state index in [0.29, 0.717) is 0 Å². The maximum atomic E-state index is 12.3. The number of ether oxygens (including phenoxy) is 1. The van der Waals surface area contributed by atoms with Crippen molar-refractivity contribution in [3.05, 3.63) is 70.8 Å². The first-order valence-electron chi connectivity index (χ1n) is 7.24. The van der Waals surface area contributed by atoms with E-state index in [4.69, 9.17) is 4.74 Å². The standard InChI is InChI=1S/C19H18O2/c1-21-18-7-2-4-14(12-18)8-11-19(20)17-10-9-15-5-3-6-16(15)13-17/h2,4,7-13H,3,5-6H2,1H3/b11-8+. The third kappa shape index (κ3) is 3.05. The SMILES string of the molecule is COc1cccc(/C=C/C(=O)c2ccc3c(c2)CCC3)c1. The Morgan fingerprint density at radius 3 is 2.81 bits per heavy atom. The van der Waals surface area contributed by atoms with Gasteiger partial charge in [0.05, 0.1) is 7.11 Å². The molecule has 0 amide bonds. The molecule has 2 aromatic rings. The Hall–Kier alpha value is -2.35. The molecule has 0 radical (unpaired) electrons. The molecule has 0 spiro atoms. The molecule has 106 valence electrons. The second-order valence-electron chi connectivity index (χ2n) is 5.31. The van der Waals surface area contributed by atoms with Crippen LogP contribution >= 0.6 is 0 Å². The van der Waals surface area contributed by atoms with Gasteiger partial charge in [0, 0.05) is 5.56 Å². The number of carbonyl (C=O) groups is 1. The third-order valence-electron chi connectivity index (χ3n) is 3.90. The molecule has 0 fully saturated rings. The van der Waals surface area contributed by atoms with Crippen molar-refractivity contribution in [3.63, 3.8) is 0 Å². The zero-order valence-electron chi connectivity index (χ0n) is 12.1. The van der Waals surface area contributed by atoms with Gasteiger partial charge >= 0.3 is 0 Å². The molecule has 0 N–H and O–H groups in total. The van der Waals surface area contributed by atoms with Gasteiger partial charge in [0.25, 0.3) is 0 Å². The summed E-state index contributed by atoms with van der Waals surface area (Å²) in [5, 5.41) is 0. The normalized spacial score (nSPS) is 13.4. The highest BCUT2D eigenvalue weighted by molar-refractivity contribution is 6.07. The first kappa shape index (κ1) is 13.6. The number of hydrogen-bond acceptors (Lipinski definition) is 2. The summed E-state index contributed by atoms with van der Waals surface area (Å²) in [6.45, 7) is 0. The zero-order chi connectivity index (χ0) is 14.7. The fourth-order valence-corrected chi connectivity index (χ4v) is 2.74. The predicted molar refractivity (Wildman–Crippen MR) is 84.8 cm³/mol. The number of allylic oxidation sites excluding steroid dienone is 1. The van der Waals surface area contributed by atoms with Crippen LogP contribution in [0.1, 0.15) is 33.5 Å². The molecular weight excluding hydrogens is 260 g/mol. The molecule has 0 aliphatic heterocycles. The van der Waals surface area contributed by atoms with Gasteiger partial charge in [-0.1, -0.05) is 30.3 Å². The van der Waals surface area contributed by atoms with Gasteiger partial charge in [-0.2, -0.15) is 0 Å². The highest BCUT2D eigenvalue weighted by Gasteiger charge is 2.12. The lowest BCUT2D eigenvalue weighted by Crippen LogP contribution is -1.96. The van der Waals surface area contributed by atoms with Gasteiger partial charge in [-0.15, -0.1) is 0 Å². The maximum Gasteiger partial charge on any atom is 0.185 e. The van der Waals surface area contributed by atoms with E-state index in [-0.39, 0.29) is 5.78 Å². The van der Waals surface area contributed by atoms with Crippen molar-refractivity contribution in [2.24, 2.45) is 0 Å². The number of rotatable bonds is 4. The van der Waals surface area contributed by atoms with Crippen LogP contribution in [0.5, 0.6) is 5.75 Å². The molecule has 0 bridgehead atoms. The van der Waals surface area contributed by atoms with Crippen LogP contribution < -0.4 is 4.74 Å². The van der Waals surface area contributed by atoms with Crippen LogP contribution in [0.15, 0.2) is 48.5 Å². The number of hydrogen-bond donors (Lipinski definition) is 0. The summed E-state index contributed by atoms with van der Waals surface area (Å²) in [7, 11) is 1.64. The lowest BCUT2D eigenvalue weighted by molar-refractivity contribution is 0.104. The molecule has 0 saturated carbocycles. The average molecular weight is 278 g/mol. The Labute approximate surface area is 125 Å². The molecule has 1 aliphatic rings. The number of aryl methyl sites for hydroxylation is 2. The molecule has 21 heavy (non-hydrogen) atoms. The molecule has 0 unspecified atom stereocenters. The summed E-state index contributed by atoms with van der Waals surface area (Å²) in [6, 6.07) is 13.7. The lowest BCUT2D eigenvalue weighted by Gasteiger charge is -2.02. The summed E-state index contributed by atoms with van der Waals surface area (Å²) in [5.41, 5.74) is 4.46. The molecular formula is C19H18O2. The lowest BCUT2D eigenvalue weighted by atomic mass is 10.0. The minimum Gasteiger partial charge on any atom is -0.497 e. The fraction of sp³-hybridized carbons (Fsp3) is 0.211. The highest BCUT2D eigenvalue weighted by atomic mass is 16.5. The predicted octanol–water partition coefficient (Wildman–Crippen LogP) is 4.08. The Morgan fingerprint density at radius 2 is 1.95 bits per heavy atom. The summed E-state index contributed by atoms with van der Waals surface area (Å²) < 4.78 is 5.18. The zero-order valence-corrected chi connectivity index (χ0v) is 12.1. The second-order valence-corrected chi connectivity index (χ2v) is 5.31. The molecule has 0 aromatic heterocycles. The summed E-state index contributed by atoms with van der Waals surface area (Å²) in [5.74, 6) is 0.842. The Balaban J connectivity index is 1.77. The largest absolute Gasteiger partial charge is 0.497 e. The van der Waals surface area contributed by atoms with E-state index >= 15 is 0 Å². The number of methoxy groups -OCH3 is 1. The van der Waals surface area contributed by atoms with Crippen LogP contribution in [0.2, 0.25) is 0 Å². The fourth-order valence-electron chi connectivity index (χ4n) is 2.74. The molecule has 2 nitrogen and oxygen atoms in total. The third-order valence-corrected chi connectivity index (χ3v) is 3.90. The van der Waals surface area contributed by atoms with Crippen molar-refractivity contribution in [2.75, 3.05) is 7.11 Å². The highest BCUT2D eigenvalue weighted by Crippen LogP contribution is 2.23. The first-order chi connectivity index (χ1) is 10.3. The van der Waals surface area contributed by atoms with Gasteiger partial charge in [-0.3, -0.25) is 4.79 Å². The summed E-state index contributed by atoms with van der Waals surface area (Å²) in [4.78, 5) is 12.3. The quantitative estimate of drug-likeness (QED) is 0.622. The topological polar surface area (TPSA) is 26.3 Å². The monoisotopic (exact) mass is 278 g/mol. The van der Waals surface area contributed by atoms with Crippen molar-refractivity contribution >= 4 is 11.9 Å². The van der Waals surface area contributed by atoms with E-state index in [1.165, 1.54) is 17.5 Å². The average Bonchev–Trinajstić information content (AvgIpc) is 3.00. The van der Waals surface area contributed by atoms with Crippen molar-refractivity contribution in [1.29, 1.82) is 0 Å². The Morgan fingerprint density at radius 1 is 1.10 bits per heavy atom. The molecule has 2 aromatic carbocycles. The number of benzene rings is 2. The van der Waals surface area contributed by atoms with Crippen LogP contribution in [0.4, 0.5) is 0 Å². The second kappa shape index (κ2) is 5.96. The van der Waals surface area contributed by atoms with Crippen molar-refractivity contribution < 1.29 is 9.53 Å². The van der Waals surface area contributed by atoms with E-state index in [0.717, 1.165) is 29.7 Å². The maximum absolute atomic E-state index is 12.3. The van der Waals surface area contributed by atoms with Crippen LogP contribution in [-0.4, -0.2) is 12.9 Å². The van der Waals surface area contributed by atoms with Crippen LogP contribution in [0.25, 0.3) is 6.08 Å². The number of ketones is 1. The van der Waals surface area contributed by atoms with E-state index in [2.05, 4.69) is 6.07 Å². The van der Waals surface area contributed by atoms with Gasteiger partial charge in [-0.05, 0) is 60.2 Å². The van der Waals surface area contributed by atoms with Crippen molar-refractivity contribution in [1.82, 2.24) is 0 Å². The van der Waals surface area contributed by atoms with Crippen LogP contribution in [0.3, 0.4) is 0 Å². The van der Waals surface area contributed by atoms with Crippen molar-refractivity contribution in [2.45, 2.75) is 19.3 Å². The molecule has 1 aliphatic carbocycles. The smallest absolute Gasteiger partial charge is 0.185 e. The summed E-state index contributed by atoms with van der Waals surface area (Å²) >= 11 is 0. The summed E-state index contributed by atoms with van der Waals surface area (Å²) in [6.07, 6.45) is 6.90. The van der Waals surface area contributed by atoms with E-state index < -0.39 is 0 Å². The molecule has 0 atom stereocenters. The van der Waals surface area contributed by atoms with Gasteiger partial charge in [0.15, 0.2) is 5.78 Å². The van der Waals surface area contributed by atoms with E-state index in [1.54, 1.807) is 13.2 Å². The Kier molecular flexibility index (Phi) is 3.87. The van der Waals surface area contributed by atoms with Crippen molar-refractivity contribution in [3.8, 4) is 5.75 Å². The van der Waals surface area contributed by atoms with Crippen LogP contribution in [-0.2, 0) is 12.8 Å². The van der Waals surface area contributed by atoms with Crippen LogP contribution in [0, 0.1) is 0 Å². The molecule has 3 rings (SSSR count). The first-order valence-corrected chi connectivity index (χ1v) is 7.24. The minimum atomic E-state index is 0.0486. The number of fused-ring (bicyclic) bond motifs is 1. The molecule has 0 heterocycles. The van der Waals surface area contributed by atoms with Gasteiger partial charge in [0.2, 0.25) is 0 Å². The van der Waals surface area contributed by atoms with Gasteiger partial charge < -0.3 is 4.74 Å². The Bertz CT molecular complexity index is 698. The minimum absolute atomic E-state index is 0.0486. The van der Waals surface area contributed by atoms with Gasteiger partial charge in [-0.25, -0.2) is 0 Å². The molecule has 0 saturated heterocycles. The molecule has 2 heteroatoms.